The molecule has 3 heterocycles. The minimum atomic E-state index is -1.27. The van der Waals surface area contributed by atoms with E-state index in [1.165, 1.54) is 19.8 Å². The summed E-state index contributed by atoms with van der Waals surface area (Å²) < 4.78 is 28.0. The summed E-state index contributed by atoms with van der Waals surface area (Å²) in [6.45, 7) is 0.532. The third kappa shape index (κ3) is 3.04. The molecule has 0 aliphatic carbocycles. The third-order valence-electron chi connectivity index (χ3n) is 4.38. The van der Waals surface area contributed by atoms with Crippen molar-refractivity contribution in [3.63, 3.8) is 0 Å². The second-order valence-electron chi connectivity index (χ2n) is 5.95. The van der Waals surface area contributed by atoms with Gasteiger partial charge < -0.3 is 15.2 Å². The molecule has 1 aromatic carbocycles. The van der Waals surface area contributed by atoms with Crippen molar-refractivity contribution in [2.75, 3.05) is 12.8 Å². The number of alkyl halides is 1. The molecule has 0 saturated carbocycles. The molecule has 0 amide bonds. The lowest BCUT2D eigenvalue weighted by atomic mass is 9.82. The predicted molar refractivity (Wildman–Crippen MR) is 98.7 cm³/mol. The molecule has 2 aromatic heterocycles. The van der Waals surface area contributed by atoms with E-state index in [-0.39, 0.29) is 5.82 Å². The highest BCUT2D eigenvalue weighted by atomic mass is 32.2. The number of methoxy groups -OCH3 is 1. The Kier molecular flexibility index (Phi) is 4.79. The van der Waals surface area contributed by atoms with E-state index in [1.807, 2.05) is 30.3 Å². The van der Waals surface area contributed by atoms with Crippen molar-refractivity contribution in [1.29, 1.82) is 0 Å². The molecule has 4 rings (SSSR count). The zero-order valence-electron chi connectivity index (χ0n) is 14.0. The van der Waals surface area contributed by atoms with Crippen LogP contribution in [0.4, 0.5) is 10.2 Å². The maximum Gasteiger partial charge on any atom is 0.210 e. The minimum absolute atomic E-state index is 0.252. The Morgan fingerprint density at radius 1 is 1.27 bits per heavy atom. The second kappa shape index (κ2) is 7.22. The number of hydrogen-bond acceptors (Lipinski definition) is 7. The fourth-order valence-electron chi connectivity index (χ4n) is 3.06. The zero-order valence-corrected chi connectivity index (χ0v) is 14.8. The average molecular weight is 373 g/mol. The van der Waals surface area contributed by atoms with E-state index < -0.39 is 24.5 Å². The summed E-state index contributed by atoms with van der Waals surface area (Å²) in [7, 11) is 1.52. The fourth-order valence-corrected chi connectivity index (χ4v) is 4.14. The van der Waals surface area contributed by atoms with Gasteiger partial charge in [0.2, 0.25) is 6.56 Å². The maximum atomic E-state index is 15.2. The summed E-state index contributed by atoms with van der Waals surface area (Å²) >= 11 is 1.58. The van der Waals surface area contributed by atoms with Gasteiger partial charge in [0.1, 0.15) is 18.0 Å². The highest BCUT2D eigenvalue weighted by molar-refractivity contribution is 8.22. The lowest BCUT2D eigenvalue weighted by Gasteiger charge is -2.16. The third-order valence-corrected chi connectivity index (χ3v) is 5.54. The summed E-state index contributed by atoms with van der Waals surface area (Å²) in [6.07, 6.45) is 0.00857. The smallest absolute Gasteiger partial charge is 0.210 e. The van der Waals surface area contributed by atoms with Gasteiger partial charge in [-0.2, -0.15) is 11.6 Å². The Bertz CT molecular complexity index is 899. The Labute approximate surface area is 154 Å². The first-order chi connectivity index (χ1) is 12.7. The zero-order chi connectivity index (χ0) is 18.1. The highest BCUT2D eigenvalue weighted by Crippen LogP contribution is 2.43. The lowest BCUT2D eigenvalue weighted by Crippen LogP contribution is -2.22. The Morgan fingerprint density at radius 2 is 2.08 bits per heavy atom. The van der Waals surface area contributed by atoms with Gasteiger partial charge in [-0.1, -0.05) is 18.2 Å². The molecule has 0 unspecified atom stereocenters. The molecule has 1 fully saturated rings. The van der Waals surface area contributed by atoms with E-state index in [0.717, 1.165) is 4.90 Å². The Balaban J connectivity index is 1.57. The first-order valence-electron chi connectivity index (χ1n) is 8.12. The van der Waals surface area contributed by atoms with Crippen molar-refractivity contribution in [3.8, 4) is 0 Å². The number of rotatable bonds is 5. The van der Waals surface area contributed by atoms with Crippen molar-refractivity contribution < 1.29 is 13.9 Å². The number of nitrogens with zero attached hydrogens (tertiary/aromatic N) is 4. The SMILES string of the molecule is CO[C@H]1O[C@@H](n2cnc3c(N)ncnc32)[C@@H](F)[C@@H]1BSc1ccccc1. The van der Waals surface area contributed by atoms with Crippen LogP contribution in [0.5, 0.6) is 0 Å². The van der Waals surface area contributed by atoms with Crippen LogP contribution in [0.25, 0.3) is 11.2 Å². The number of halogens is 1. The van der Waals surface area contributed by atoms with Crippen molar-refractivity contribution in [2.24, 2.45) is 0 Å². The van der Waals surface area contributed by atoms with Crippen LogP contribution in [-0.2, 0) is 9.47 Å². The molecule has 0 spiro atoms. The summed E-state index contributed by atoms with van der Waals surface area (Å²) in [5.74, 6) is -0.173. The van der Waals surface area contributed by atoms with Crippen LogP contribution in [0.1, 0.15) is 6.23 Å². The van der Waals surface area contributed by atoms with Crippen molar-refractivity contribution >= 4 is 35.2 Å². The van der Waals surface area contributed by atoms with E-state index >= 15 is 4.39 Å². The first kappa shape index (κ1) is 17.3. The molecule has 7 nitrogen and oxygen atoms in total. The van der Waals surface area contributed by atoms with E-state index in [1.54, 1.807) is 16.2 Å². The number of nitrogens with two attached hydrogens (primary N) is 1. The molecule has 0 radical (unpaired) electrons. The van der Waals surface area contributed by atoms with Gasteiger partial charge in [0.15, 0.2) is 24.0 Å². The molecule has 0 bridgehead atoms. The molecule has 3 aromatic rings. The largest absolute Gasteiger partial charge is 0.382 e. The van der Waals surface area contributed by atoms with E-state index in [2.05, 4.69) is 15.0 Å². The number of fused-ring (bicyclic) bond motifs is 1. The topological polar surface area (TPSA) is 88.1 Å². The fraction of sp³-hybridized carbons (Fsp3) is 0.312. The van der Waals surface area contributed by atoms with Gasteiger partial charge in [-0.25, -0.2) is 19.3 Å². The number of benzene rings is 1. The van der Waals surface area contributed by atoms with Gasteiger partial charge in [-0.3, -0.25) is 4.57 Å². The van der Waals surface area contributed by atoms with Crippen LogP contribution in [-0.4, -0.2) is 45.6 Å². The number of hydrogen-bond donors (Lipinski definition) is 1. The minimum Gasteiger partial charge on any atom is -0.382 e. The first-order valence-corrected chi connectivity index (χ1v) is 9.10. The van der Waals surface area contributed by atoms with Crippen LogP contribution in [0.3, 0.4) is 0 Å². The normalized spacial score (nSPS) is 25.6. The molecule has 10 heteroatoms. The monoisotopic (exact) mass is 373 g/mol. The molecule has 1 aliphatic heterocycles. The molecule has 1 aliphatic rings. The van der Waals surface area contributed by atoms with Crippen molar-refractivity contribution in [1.82, 2.24) is 19.5 Å². The van der Waals surface area contributed by atoms with Crippen LogP contribution >= 0.6 is 11.6 Å². The summed E-state index contributed by atoms with van der Waals surface area (Å²) in [4.78, 5) is 13.3. The number of imidazole rings is 1. The average Bonchev–Trinajstić information content (AvgIpc) is 3.22. The van der Waals surface area contributed by atoms with Crippen LogP contribution in [0.2, 0.25) is 5.82 Å². The number of nitrogen functional groups attached to an aromatic ring is 1. The van der Waals surface area contributed by atoms with Gasteiger partial charge in [-0.15, -0.1) is 0 Å². The van der Waals surface area contributed by atoms with Crippen molar-refractivity contribution in [3.05, 3.63) is 43.0 Å². The Morgan fingerprint density at radius 3 is 2.85 bits per heavy atom. The lowest BCUT2D eigenvalue weighted by molar-refractivity contribution is -0.135. The van der Waals surface area contributed by atoms with Gasteiger partial charge in [0.25, 0.3) is 0 Å². The summed E-state index contributed by atoms with van der Waals surface area (Å²) in [5.41, 5.74) is 6.68. The summed E-state index contributed by atoms with van der Waals surface area (Å²) in [6, 6.07) is 9.86. The number of ether oxygens (including phenoxy) is 2. The number of aromatic nitrogens is 4. The van der Waals surface area contributed by atoms with Crippen LogP contribution in [0, 0.1) is 0 Å². The highest BCUT2D eigenvalue weighted by Gasteiger charge is 2.47. The molecule has 4 atom stereocenters. The molecular weight excluding hydrogens is 356 g/mol. The van der Waals surface area contributed by atoms with Gasteiger partial charge in [0, 0.05) is 12.9 Å². The molecule has 26 heavy (non-hydrogen) atoms. The Hall–Kier alpha value is -2.17. The molecule has 2 N–H and O–H groups in total. The van der Waals surface area contributed by atoms with Gasteiger partial charge in [0.05, 0.1) is 6.33 Å². The standard InChI is InChI=1S/C16H17BFN5O2S/c1-24-16-10(17-26-9-5-3-2-4-6-9)11(18)15(25-16)23-8-22-12-13(19)20-7-21-14(12)23/h2-8,10-11,15-17H,1H3,(H2,19,20,21)/t10-,11-,15+,16-/m0/s1. The maximum absolute atomic E-state index is 15.2. The molecule has 134 valence electrons. The second-order valence-corrected chi connectivity index (χ2v) is 7.04. The van der Waals surface area contributed by atoms with Gasteiger partial charge in [-0.05, 0) is 17.0 Å². The van der Waals surface area contributed by atoms with Crippen LogP contribution < -0.4 is 5.73 Å². The molecular formula is C16H17BFN5O2S. The van der Waals surface area contributed by atoms with E-state index in [4.69, 9.17) is 15.2 Å². The quantitative estimate of drug-likeness (QED) is 0.686. The van der Waals surface area contributed by atoms with E-state index in [0.29, 0.717) is 17.7 Å². The van der Waals surface area contributed by atoms with Crippen molar-refractivity contribution in [2.45, 2.75) is 29.4 Å². The molecule has 1 saturated heterocycles. The van der Waals surface area contributed by atoms with Gasteiger partial charge >= 0.3 is 0 Å². The summed E-state index contributed by atoms with van der Waals surface area (Å²) in [5, 5.41) is 0. The number of anilines is 1. The van der Waals surface area contributed by atoms with E-state index in [9.17, 15) is 0 Å². The van der Waals surface area contributed by atoms with Crippen LogP contribution in [0.15, 0.2) is 47.9 Å². The predicted octanol–water partition coefficient (Wildman–Crippen LogP) is 2.18.